The molecule has 1 heterocycles. The van der Waals surface area contributed by atoms with Gasteiger partial charge >= 0.3 is 0 Å². The Morgan fingerprint density at radius 1 is 1.00 bits per heavy atom. The molecule has 1 aromatic heterocycles. The Hall–Kier alpha value is -2.17. The number of rotatable bonds is 12. The number of hydrogen-bond acceptors (Lipinski definition) is 5. The molecule has 0 bridgehead atoms. The van der Waals surface area contributed by atoms with E-state index in [1.54, 1.807) is 12.3 Å². The first-order chi connectivity index (χ1) is 10.7. The fourth-order valence-corrected chi connectivity index (χ4v) is 1.68. The van der Waals surface area contributed by atoms with E-state index in [0.29, 0.717) is 24.8 Å². The van der Waals surface area contributed by atoms with Gasteiger partial charge in [-0.15, -0.1) is 0 Å². The summed E-state index contributed by atoms with van der Waals surface area (Å²) in [6.45, 7) is 12.0. The molecular formula is C17H25NO4. The Bertz CT molecular complexity index is 392. The molecule has 5 heteroatoms. The predicted octanol–water partition coefficient (Wildman–Crippen LogP) is 3.72. The van der Waals surface area contributed by atoms with E-state index in [-0.39, 0.29) is 12.2 Å². The predicted molar refractivity (Wildman–Crippen MR) is 85.9 cm³/mol. The molecule has 1 aromatic rings. The first-order valence-corrected chi connectivity index (χ1v) is 7.47. The van der Waals surface area contributed by atoms with Gasteiger partial charge in [-0.05, 0) is 18.9 Å². The van der Waals surface area contributed by atoms with E-state index >= 15 is 0 Å². The Balaban J connectivity index is 2.42. The van der Waals surface area contributed by atoms with Gasteiger partial charge in [0.15, 0.2) is 0 Å². The van der Waals surface area contributed by atoms with Crippen LogP contribution in [0.1, 0.15) is 26.7 Å². The van der Waals surface area contributed by atoms with Gasteiger partial charge in [0, 0.05) is 6.07 Å². The van der Waals surface area contributed by atoms with Gasteiger partial charge in [-0.1, -0.05) is 27.0 Å². The van der Waals surface area contributed by atoms with Gasteiger partial charge in [0.25, 0.3) is 0 Å². The summed E-state index contributed by atoms with van der Waals surface area (Å²) < 4.78 is 21.8. The minimum Gasteiger partial charge on any atom is -0.495 e. The molecular weight excluding hydrogens is 282 g/mol. The van der Waals surface area contributed by atoms with Crippen molar-refractivity contribution >= 4 is 0 Å². The van der Waals surface area contributed by atoms with Crippen molar-refractivity contribution in [1.29, 1.82) is 0 Å². The fraction of sp³-hybridized carbons (Fsp3) is 0.471. The molecule has 0 aliphatic heterocycles. The standard InChI is InChI=1S/C17H25NO4/c1-5-14(19-7-3)12-21-16-9-10-17(18-11-16)22-13-15(6-2)20-8-4/h7-11,14-15H,3-6,12-13H2,1-2H3. The van der Waals surface area contributed by atoms with E-state index < -0.39 is 0 Å². The molecule has 5 nitrogen and oxygen atoms in total. The van der Waals surface area contributed by atoms with Crippen LogP contribution in [0.25, 0.3) is 0 Å². The van der Waals surface area contributed by atoms with Gasteiger partial charge in [-0.25, -0.2) is 4.98 Å². The van der Waals surface area contributed by atoms with Crippen LogP contribution in [0, 0.1) is 0 Å². The van der Waals surface area contributed by atoms with Gasteiger partial charge in [-0.3, -0.25) is 0 Å². The minimum absolute atomic E-state index is 0.00482. The van der Waals surface area contributed by atoms with Crippen LogP contribution in [0.15, 0.2) is 44.0 Å². The lowest BCUT2D eigenvalue weighted by molar-refractivity contribution is 0.0825. The highest BCUT2D eigenvalue weighted by atomic mass is 16.5. The van der Waals surface area contributed by atoms with Crippen LogP contribution in [0.2, 0.25) is 0 Å². The zero-order chi connectivity index (χ0) is 16.2. The van der Waals surface area contributed by atoms with E-state index in [1.165, 1.54) is 12.5 Å². The second-order valence-electron chi connectivity index (χ2n) is 4.62. The quantitative estimate of drug-likeness (QED) is 0.551. The maximum atomic E-state index is 5.62. The molecule has 2 unspecified atom stereocenters. The molecule has 0 N–H and O–H groups in total. The molecule has 22 heavy (non-hydrogen) atoms. The molecule has 122 valence electrons. The van der Waals surface area contributed by atoms with Crippen molar-refractivity contribution in [2.24, 2.45) is 0 Å². The van der Waals surface area contributed by atoms with Crippen molar-refractivity contribution in [2.45, 2.75) is 38.9 Å². The average molecular weight is 307 g/mol. The van der Waals surface area contributed by atoms with E-state index in [0.717, 1.165) is 12.8 Å². The van der Waals surface area contributed by atoms with Crippen molar-refractivity contribution in [1.82, 2.24) is 4.98 Å². The number of pyridine rings is 1. The van der Waals surface area contributed by atoms with Crippen molar-refractivity contribution < 1.29 is 18.9 Å². The van der Waals surface area contributed by atoms with Gasteiger partial charge in [0.05, 0.1) is 18.7 Å². The lowest BCUT2D eigenvalue weighted by atomic mass is 10.3. The highest BCUT2D eigenvalue weighted by Gasteiger charge is 2.08. The monoisotopic (exact) mass is 307 g/mol. The third kappa shape index (κ3) is 6.52. The fourth-order valence-electron chi connectivity index (χ4n) is 1.68. The molecule has 0 fully saturated rings. The van der Waals surface area contributed by atoms with Gasteiger partial charge in [0.1, 0.15) is 31.2 Å². The largest absolute Gasteiger partial charge is 0.495 e. The summed E-state index contributed by atoms with van der Waals surface area (Å²) in [6.07, 6.45) is 6.16. The second kappa shape index (κ2) is 10.5. The molecule has 2 atom stereocenters. The average Bonchev–Trinajstić information content (AvgIpc) is 2.56. The number of nitrogens with zero attached hydrogens (tertiary/aromatic N) is 1. The first-order valence-electron chi connectivity index (χ1n) is 7.47. The first kappa shape index (κ1) is 17.9. The van der Waals surface area contributed by atoms with Gasteiger partial charge in [-0.2, -0.15) is 0 Å². The van der Waals surface area contributed by atoms with Crippen molar-refractivity contribution in [3.05, 3.63) is 44.0 Å². The normalized spacial score (nSPS) is 12.8. The van der Waals surface area contributed by atoms with Crippen LogP contribution in [0.5, 0.6) is 11.6 Å². The Kier molecular flexibility index (Phi) is 8.57. The molecule has 0 saturated heterocycles. The Morgan fingerprint density at radius 2 is 1.59 bits per heavy atom. The topological polar surface area (TPSA) is 49.8 Å². The number of hydrogen-bond donors (Lipinski definition) is 0. The second-order valence-corrected chi connectivity index (χ2v) is 4.62. The van der Waals surface area contributed by atoms with Crippen LogP contribution in [0.4, 0.5) is 0 Å². The van der Waals surface area contributed by atoms with Crippen LogP contribution in [-0.4, -0.2) is 30.4 Å². The summed E-state index contributed by atoms with van der Waals surface area (Å²) in [7, 11) is 0. The van der Waals surface area contributed by atoms with E-state index in [2.05, 4.69) is 18.1 Å². The maximum Gasteiger partial charge on any atom is 0.213 e. The highest BCUT2D eigenvalue weighted by Crippen LogP contribution is 2.15. The molecule has 0 aliphatic rings. The SMILES string of the molecule is C=COC(CC)COc1ccc(OCC(CC)OC=C)nc1. The molecule has 0 amide bonds. The number of aromatic nitrogens is 1. The third-order valence-electron chi connectivity index (χ3n) is 3.05. The van der Waals surface area contributed by atoms with Crippen LogP contribution >= 0.6 is 0 Å². The van der Waals surface area contributed by atoms with E-state index in [1.807, 2.05) is 19.9 Å². The lowest BCUT2D eigenvalue weighted by Crippen LogP contribution is -2.19. The summed E-state index contributed by atoms with van der Waals surface area (Å²) in [5, 5.41) is 0. The highest BCUT2D eigenvalue weighted by molar-refractivity contribution is 5.22. The molecule has 0 aliphatic carbocycles. The smallest absolute Gasteiger partial charge is 0.213 e. The Morgan fingerprint density at radius 3 is 2.05 bits per heavy atom. The van der Waals surface area contributed by atoms with E-state index in [4.69, 9.17) is 18.9 Å². The summed E-state index contributed by atoms with van der Waals surface area (Å²) in [4.78, 5) is 4.21. The minimum atomic E-state index is -0.0170. The molecule has 0 aromatic carbocycles. The number of ether oxygens (including phenoxy) is 4. The zero-order valence-corrected chi connectivity index (χ0v) is 13.4. The van der Waals surface area contributed by atoms with Gasteiger partial charge < -0.3 is 18.9 Å². The Labute approximate surface area is 132 Å². The van der Waals surface area contributed by atoms with Crippen molar-refractivity contribution in [3.63, 3.8) is 0 Å². The van der Waals surface area contributed by atoms with Crippen molar-refractivity contribution in [3.8, 4) is 11.6 Å². The van der Waals surface area contributed by atoms with E-state index in [9.17, 15) is 0 Å². The van der Waals surface area contributed by atoms with Crippen LogP contribution in [-0.2, 0) is 9.47 Å². The molecule has 0 spiro atoms. The maximum absolute atomic E-state index is 5.62. The van der Waals surface area contributed by atoms with Crippen molar-refractivity contribution in [2.75, 3.05) is 13.2 Å². The molecule has 1 rings (SSSR count). The molecule has 0 radical (unpaired) electrons. The van der Waals surface area contributed by atoms with Crippen LogP contribution in [0.3, 0.4) is 0 Å². The summed E-state index contributed by atoms with van der Waals surface area (Å²) in [5.41, 5.74) is 0. The lowest BCUT2D eigenvalue weighted by Gasteiger charge is -2.16. The third-order valence-corrected chi connectivity index (χ3v) is 3.05. The summed E-state index contributed by atoms with van der Waals surface area (Å²) in [5.74, 6) is 1.21. The van der Waals surface area contributed by atoms with Crippen LogP contribution < -0.4 is 9.47 Å². The zero-order valence-electron chi connectivity index (χ0n) is 13.4. The molecule has 0 saturated carbocycles. The van der Waals surface area contributed by atoms with Gasteiger partial charge in [0.2, 0.25) is 5.88 Å². The summed E-state index contributed by atoms with van der Waals surface area (Å²) >= 11 is 0. The summed E-state index contributed by atoms with van der Waals surface area (Å²) in [6, 6.07) is 3.59.